The molecule has 6 heteroatoms. The first-order chi connectivity index (χ1) is 8.24. The molecule has 0 radical (unpaired) electrons. The molecule has 1 aromatic rings. The molecule has 0 heterocycles. The molecule has 0 aliphatic carbocycles. The molecule has 0 bridgehead atoms. The molecule has 0 aliphatic rings. The summed E-state index contributed by atoms with van der Waals surface area (Å²) in [5, 5.41) is 0.307. The lowest BCUT2D eigenvalue weighted by molar-refractivity contribution is -0.120. The highest BCUT2D eigenvalue weighted by molar-refractivity contribution is 9.08. The summed E-state index contributed by atoms with van der Waals surface area (Å²) in [6.07, 6.45) is -4.29. The van der Waals surface area contributed by atoms with Crippen LogP contribution in [0, 0.1) is 5.82 Å². The maximum atomic E-state index is 13.1. The van der Waals surface area contributed by atoms with Crippen LogP contribution in [-0.2, 0) is 5.33 Å². The van der Waals surface area contributed by atoms with Crippen molar-refractivity contribution in [1.29, 1.82) is 0 Å². The number of alkyl halides is 4. The second-order valence-electron chi connectivity index (χ2n) is 4.24. The molecule has 0 saturated carbocycles. The van der Waals surface area contributed by atoms with Crippen LogP contribution in [0.15, 0.2) is 18.2 Å². The Labute approximate surface area is 112 Å². The molecular weight excluding hydrogens is 314 g/mol. The summed E-state index contributed by atoms with van der Waals surface area (Å²) in [6, 6.07) is 3.48. The third kappa shape index (κ3) is 4.15. The van der Waals surface area contributed by atoms with Crippen molar-refractivity contribution in [2.24, 2.45) is 0 Å². The number of hydrogen-bond donors (Lipinski definition) is 0. The Morgan fingerprint density at radius 3 is 2.33 bits per heavy atom. The second kappa shape index (κ2) is 5.91. The zero-order chi connectivity index (χ0) is 13.9. The van der Waals surface area contributed by atoms with Gasteiger partial charge >= 0.3 is 6.18 Å². The average molecular weight is 328 g/mol. The van der Waals surface area contributed by atoms with Gasteiger partial charge in [-0.2, -0.15) is 13.2 Å². The second-order valence-corrected chi connectivity index (χ2v) is 4.80. The highest BCUT2D eigenvalue weighted by Crippen LogP contribution is 2.29. The number of halogens is 5. The smallest absolute Gasteiger partial charge is 0.360 e. The van der Waals surface area contributed by atoms with Gasteiger partial charge in [-0.1, -0.05) is 15.9 Å². The van der Waals surface area contributed by atoms with E-state index in [9.17, 15) is 17.6 Å². The van der Waals surface area contributed by atoms with Crippen LogP contribution in [0.3, 0.4) is 0 Å². The van der Waals surface area contributed by atoms with Crippen LogP contribution in [0.2, 0.25) is 0 Å². The molecule has 1 nitrogen and oxygen atoms in total. The van der Waals surface area contributed by atoms with Crippen molar-refractivity contribution in [2.75, 3.05) is 11.4 Å². The molecule has 0 unspecified atom stereocenters. The zero-order valence-electron chi connectivity index (χ0n) is 10.1. The van der Waals surface area contributed by atoms with E-state index in [1.807, 2.05) is 0 Å². The van der Waals surface area contributed by atoms with Crippen molar-refractivity contribution in [3.8, 4) is 0 Å². The molecule has 0 fully saturated rings. The molecule has 18 heavy (non-hydrogen) atoms. The van der Waals surface area contributed by atoms with Crippen LogP contribution in [0.25, 0.3) is 0 Å². The van der Waals surface area contributed by atoms with Gasteiger partial charge < -0.3 is 4.90 Å². The van der Waals surface area contributed by atoms with Crippen LogP contribution < -0.4 is 4.90 Å². The van der Waals surface area contributed by atoms with E-state index >= 15 is 0 Å². The van der Waals surface area contributed by atoms with Gasteiger partial charge in [0.15, 0.2) is 0 Å². The molecule has 1 rings (SSSR count). The fourth-order valence-electron chi connectivity index (χ4n) is 1.68. The minimum absolute atomic E-state index is 0.307. The Kier molecular flexibility index (Phi) is 5.01. The predicted molar refractivity (Wildman–Crippen MR) is 67.6 cm³/mol. The van der Waals surface area contributed by atoms with E-state index in [4.69, 9.17) is 0 Å². The van der Waals surface area contributed by atoms with E-state index in [1.54, 1.807) is 13.8 Å². The average Bonchev–Trinajstić information content (AvgIpc) is 2.24. The summed E-state index contributed by atoms with van der Waals surface area (Å²) in [5.41, 5.74) is 0.911. The van der Waals surface area contributed by atoms with E-state index in [0.29, 0.717) is 16.6 Å². The van der Waals surface area contributed by atoms with Gasteiger partial charge in [0.25, 0.3) is 0 Å². The lowest BCUT2D eigenvalue weighted by Gasteiger charge is -2.31. The normalized spacial score (nSPS) is 12.0. The lowest BCUT2D eigenvalue weighted by atomic mass is 10.1. The molecule has 0 aliphatic heterocycles. The van der Waals surface area contributed by atoms with Crippen LogP contribution in [0.4, 0.5) is 23.2 Å². The van der Waals surface area contributed by atoms with E-state index in [1.165, 1.54) is 23.1 Å². The summed E-state index contributed by atoms with van der Waals surface area (Å²) in [7, 11) is 0. The predicted octanol–water partition coefficient (Wildman–Crippen LogP) is 4.50. The number of hydrogen-bond acceptors (Lipinski definition) is 1. The summed E-state index contributed by atoms with van der Waals surface area (Å²) < 4.78 is 50.7. The summed E-state index contributed by atoms with van der Waals surface area (Å²) in [4.78, 5) is 1.22. The van der Waals surface area contributed by atoms with Gasteiger partial charge in [-0.05, 0) is 37.6 Å². The number of anilines is 1. The van der Waals surface area contributed by atoms with Crippen molar-refractivity contribution < 1.29 is 17.6 Å². The molecule has 0 aromatic heterocycles. The minimum atomic E-state index is -4.29. The molecule has 0 saturated heterocycles. The molecule has 1 aromatic carbocycles. The van der Waals surface area contributed by atoms with Crippen molar-refractivity contribution in [1.82, 2.24) is 0 Å². The van der Waals surface area contributed by atoms with Gasteiger partial charge in [-0.3, -0.25) is 0 Å². The SMILES string of the molecule is CC(C)N(CC(F)(F)F)c1ccc(F)cc1CBr. The Morgan fingerprint density at radius 1 is 1.28 bits per heavy atom. The monoisotopic (exact) mass is 327 g/mol. The molecule has 0 amide bonds. The maximum absolute atomic E-state index is 13.1. The molecule has 0 spiro atoms. The summed E-state index contributed by atoms with van der Waals surface area (Å²) >= 11 is 3.16. The van der Waals surface area contributed by atoms with E-state index in [-0.39, 0.29) is 6.04 Å². The van der Waals surface area contributed by atoms with Gasteiger partial charge in [-0.15, -0.1) is 0 Å². The van der Waals surface area contributed by atoms with Crippen molar-refractivity contribution in [2.45, 2.75) is 31.4 Å². The third-order valence-electron chi connectivity index (χ3n) is 2.47. The van der Waals surface area contributed by atoms with Crippen molar-refractivity contribution >= 4 is 21.6 Å². The summed E-state index contributed by atoms with van der Waals surface area (Å²) in [6.45, 7) is 2.30. The van der Waals surface area contributed by atoms with Crippen molar-refractivity contribution in [3.63, 3.8) is 0 Å². The lowest BCUT2D eigenvalue weighted by Crippen LogP contribution is -2.39. The van der Waals surface area contributed by atoms with Gasteiger partial charge in [0.1, 0.15) is 12.4 Å². The van der Waals surface area contributed by atoms with Crippen LogP contribution in [0.1, 0.15) is 19.4 Å². The van der Waals surface area contributed by atoms with E-state index in [0.717, 1.165) is 0 Å². The first-order valence-corrected chi connectivity index (χ1v) is 6.54. The first kappa shape index (κ1) is 15.3. The third-order valence-corrected chi connectivity index (χ3v) is 3.07. The Morgan fingerprint density at radius 2 is 1.89 bits per heavy atom. The van der Waals surface area contributed by atoms with Crippen LogP contribution in [0.5, 0.6) is 0 Å². The first-order valence-electron chi connectivity index (χ1n) is 5.42. The zero-order valence-corrected chi connectivity index (χ0v) is 11.6. The largest absolute Gasteiger partial charge is 0.405 e. The molecule has 0 atom stereocenters. The van der Waals surface area contributed by atoms with Gasteiger partial charge in [0.05, 0.1) is 0 Å². The topological polar surface area (TPSA) is 3.24 Å². The van der Waals surface area contributed by atoms with Crippen molar-refractivity contribution in [3.05, 3.63) is 29.6 Å². The summed E-state index contributed by atoms with van der Waals surface area (Å²) in [5.74, 6) is -0.455. The van der Waals surface area contributed by atoms with E-state index < -0.39 is 18.5 Å². The Hall–Kier alpha value is -0.780. The Balaban J connectivity index is 3.13. The molecule has 0 N–H and O–H groups in total. The quantitative estimate of drug-likeness (QED) is 0.581. The fourth-order valence-corrected chi connectivity index (χ4v) is 2.13. The number of rotatable bonds is 4. The molecular formula is C12H14BrF4N. The molecule has 102 valence electrons. The minimum Gasteiger partial charge on any atom is -0.360 e. The Bertz CT molecular complexity index is 404. The highest BCUT2D eigenvalue weighted by Gasteiger charge is 2.32. The number of benzene rings is 1. The van der Waals surface area contributed by atoms with Gasteiger partial charge in [-0.25, -0.2) is 4.39 Å². The standard InChI is InChI=1S/C12H14BrF4N/c1-8(2)18(7-12(15,16)17)11-4-3-10(14)5-9(11)6-13/h3-5,8H,6-7H2,1-2H3. The maximum Gasteiger partial charge on any atom is 0.405 e. The highest BCUT2D eigenvalue weighted by atomic mass is 79.9. The van der Waals surface area contributed by atoms with Crippen LogP contribution in [-0.4, -0.2) is 18.8 Å². The fraction of sp³-hybridized carbons (Fsp3) is 0.500. The van der Waals surface area contributed by atoms with Crippen LogP contribution >= 0.6 is 15.9 Å². The van der Waals surface area contributed by atoms with E-state index in [2.05, 4.69) is 15.9 Å². The van der Waals surface area contributed by atoms with Gasteiger partial charge in [0, 0.05) is 17.1 Å². The van der Waals surface area contributed by atoms with Gasteiger partial charge in [0.2, 0.25) is 0 Å². The number of nitrogens with zero attached hydrogens (tertiary/aromatic N) is 1.